The largest absolute Gasteiger partial charge is 0.347 e. The molecule has 0 aromatic rings. The molecule has 0 fully saturated rings. The third kappa shape index (κ3) is 3.43. The van der Waals surface area contributed by atoms with Gasteiger partial charge in [0, 0.05) is 0 Å². The van der Waals surface area contributed by atoms with E-state index in [9.17, 15) is 8.42 Å². The number of rotatable bonds is 6. The van der Waals surface area contributed by atoms with Crippen LogP contribution in [0.4, 0.5) is 0 Å². The van der Waals surface area contributed by atoms with Crippen molar-refractivity contribution >= 4 is 10.2 Å². The van der Waals surface area contributed by atoms with Crippen molar-refractivity contribution in [3.05, 3.63) is 0 Å². The van der Waals surface area contributed by atoms with Gasteiger partial charge in [0.05, 0.1) is 25.5 Å². The van der Waals surface area contributed by atoms with Crippen LogP contribution in [0.15, 0.2) is 0 Å². The molecule has 0 spiro atoms. The number of nitrogens with zero attached hydrogens (tertiary/aromatic N) is 1. The van der Waals surface area contributed by atoms with Gasteiger partial charge in [-0.15, -0.1) is 0 Å². The van der Waals surface area contributed by atoms with E-state index < -0.39 is 10.2 Å². The fourth-order valence-electron chi connectivity index (χ4n) is 0.435. The Labute approximate surface area is 71.2 Å². The maximum absolute atomic E-state index is 11.0. The van der Waals surface area contributed by atoms with Crippen LogP contribution in [0.25, 0.3) is 0 Å². The zero-order chi connectivity index (χ0) is 9.61. The highest BCUT2D eigenvalue weighted by molar-refractivity contribution is 7.86. The highest BCUT2D eigenvalue weighted by Gasteiger charge is 2.21. The predicted molar refractivity (Wildman–Crippen MR) is 39.5 cm³/mol. The second kappa shape index (κ2) is 5.41. The first-order valence-electron chi connectivity index (χ1n) is 3.10. The van der Waals surface area contributed by atoms with Crippen molar-refractivity contribution in [3.63, 3.8) is 0 Å². The lowest BCUT2D eigenvalue weighted by Gasteiger charge is -2.15. The lowest BCUT2D eigenvalue weighted by molar-refractivity contribution is -0.273. The minimum absolute atomic E-state index is 0.209. The Balaban J connectivity index is 4.17. The van der Waals surface area contributed by atoms with Gasteiger partial charge in [-0.05, 0) is 6.92 Å². The van der Waals surface area contributed by atoms with E-state index in [4.69, 9.17) is 0 Å². The van der Waals surface area contributed by atoms with Gasteiger partial charge in [-0.25, -0.2) is 0 Å². The Morgan fingerprint density at radius 1 is 1.33 bits per heavy atom. The summed E-state index contributed by atoms with van der Waals surface area (Å²) < 4.78 is 22.3. The molecule has 12 heavy (non-hydrogen) atoms. The Kier molecular flexibility index (Phi) is 5.29. The predicted octanol–water partition coefficient (Wildman–Crippen LogP) is -0.803. The lowest BCUT2D eigenvalue weighted by Crippen LogP contribution is -2.39. The summed E-state index contributed by atoms with van der Waals surface area (Å²) in [6.07, 6.45) is 0. The van der Waals surface area contributed by atoms with E-state index >= 15 is 0 Å². The van der Waals surface area contributed by atoms with Gasteiger partial charge in [0.2, 0.25) is 0 Å². The highest BCUT2D eigenvalue weighted by Crippen LogP contribution is 1.96. The van der Waals surface area contributed by atoms with Crippen LogP contribution in [0, 0.1) is 0 Å². The monoisotopic (exact) mass is 200 g/mol. The summed E-state index contributed by atoms with van der Waals surface area (Å²) in [5.41, 5.74) is 0. The Morgan fingerprint density at radius 2 is 1.83 bits per heavy atom. The SMILES string of the molecule is CCONS(=O)(=O)N(OC)OC. The van der Waals surface area contributed by atoms with Crippen molar-refractivity contribution < 1.29 is 22.9 Å². The average Bonchev–Trinajstić information content (AvgIpc) is 2.03. The summed E-state index contributed by atoms with van der Waals surface area (Å²) in [5.74, 6) is 0. The molecule has 0 amide bonds. The molecule has 74 valence electrons. The van der Waals surface area contributed by atoms with Gasteiger partial charge >= 0.3 is 10.2 Å². The van der Waals surface area contributed by atoms with Crippen LogP contribution in [-0.4, -0.2) is 33.9 Å². The Bertz CT molecular complexity index is 199. The molecule has 8 heteroatoms. The van der Waals surface area contributed by atoms with Crippen LogP contribution in [0.2, 0.25) is 0 Å². The van der Waals surface area contributed by atoms with Gasteiger partial charge in [0.1, 0.15) is 0 Å². The molecule has 0 saturated carbocycles. The molecule has 0 rings (SSSR count). The summed E-state index contributed by atoms with van der Waals surface area (Å²) in [7, 11) is -1.57. The fourth-order valence-corrected chi connectivity index (χ4v) is 1.15. The van der Waals surface area contributed by atoms with Gasteiger partial charge in [-0.1, -0.05) is 4.89 Å². The van der Waals surface area contributed by atoms with E-state index in [0.717, 1.165) is 14.2 Å². The third-order valence-electron chi connectivity index (χ3n) is 0.803. The second-order valence-electron chi connectivity index (χ2n) is 1.58. The number of hydrogen-bond donors (Lipinski definition) is 1. The van der Waals surface area contributed by atoms with Gasteiger partial charge in [-0.3, -0.25) is 14.5 Å². The molecule has 0 unspecified atom stereocenters. The Morgan fingerprint density at radius 3 is 2.17 bits per heavy atom. The molecule has 1 N–H and O–H groups in total. The maximum atomic E-state index is 11.0. The van der Waals surface area contributed by atoms with Crippen molar-refractivity contribution in [2.75, 3.05) is 20.8 Å². The van der Waals surface area contributed by atoms with Crippen LogP contribution < -0.4 is 4.89 Å². The van der Waals surface area contributed by atoms with Gasteiger partial charge in [-0.2, -0.15) is 8.42 Å². The maximum Gasteiger partial charge on any atom is 0.347 e. The van der Waals surface area contributed by atoms with Crippen molar-refractivity contribution in [3.8, 4) is 0 Å². The zero-order valence-electron chi connectivity index (χ0n) is 7.10. The molecule has 0 aromatic heterocycles. The topological polar surface area (TPSA) is 77.1 Å². The first-order valence-corrected chi connectivity index (χ1v) is 4.54. The van der Waals surface area contributed by atoms with E-state index in [-0.39, 0.29) is 11.2 Å². The first-order chi connectivity index (χ1) is 5.58. The first kappa shape index (κ1) is 11.8. The summed E-state index contributed by atoms with van der Waals surface area (Å²) in [4.78, 5) is 14.9. The quantitative estimate of drug-likeness (QED) is 0.568. The molecule has 0 heterocycles. The zero-order valence-corrected chi connectivity index (χ0v) is 7.92. The van der Waals surface area contributed by atoms with E-state index in [2.05, 4.69) is 14.5 Å². The molecule has 0 aliphatic rings. The smallest absolute Gasteiger partial charge is 0.286 e. The molecule has 7 nitrogen and oxygen atoms in total. The minimum Gasteiger partial charge on any atom is -0.286 e. The number of nitrogens with one attached hydrogen (secondary N) is 1. The summed E-state index contributed by atoms with van der Waals surface area (Å²) in [5, 5.41) is 0. The molecular formula is C4H12N2O5S. The van der Waals surface area contributed by atoms with E-state index in [0.29, 0.717) is 0 Å². The lowest BCUT2D eigenvalue weighted by atomic mass is 10.9. The van der Waals surface area contributed by atoms with E-state index in [1.54, 1.807) is 11.8 Å². The van der Waals surface area contributed by atoms with Crippen LogP contribution in [0.1, 0.15) is 6.92 Å². The standard InChI is InChI=1S/C4H12N2O5S/c1-4-11-5-12(7,8)6(9-2)10-3/h5H,4H2,1-3H3. The summed E-state index contributed by atoms with van der Waals surface area (Å²) in [6.45, 7) is 1.84. The van der Waals surface area contributed by atoms with Crippen molar-refractivity contribution in [2.45, 2.75) is 6.92 Å². The normalized spacial score (nSPS) is 12.3. The molecule has 0 aliphatic heterocycles. The molecule has 0 atom stereocenters. The van der Waals surface area contributed by atoms with Crippen LogP contribution in [0.5, 0.6) is 0 Å². The van der Waals surface area contributed by atoms with Crippen molar-refractivity contribution in [1.29, 1.82) is 0 Å². The summed E-state index contributed by atoms with van der Waals surface area (Å²) in [6, 6.07) is 0. The van der Waals surface area contributed by atoms with Gasteiger partial charge in [0.15, 0.2) is 0 Å². The third-order valence-corrected chi connectivity index (χ3v) is 1.82. The van der Waals surface area contributed by atoms with Crippen molar-refractivity contribution in [2.24, 2.45) is 0 Å². The fraction of sp³-hybridized carbons (Fsp3) is 1.00. The van der Waals surface area contributed by atoms with Crippen LogP contribution in [-0.2, 0) is 24.7 Å². The molecule has 0 bridgehead atoms. The molecular weight excluding hydrogens is 188 g/mol. The van der Waals surface area contributed by atoms with Gasteiger partial charge < -0.3 is 0 Å². The van der Waals surface area contributed by atoms with E-state index in [1.165, 1.54) is 0 Å². The van der Waals surface area contributed by atoms with Crippen LogP contribution in [0.3, 0.4) is 0 Å². The molecule has 0 aromatic carbocycles. The summed E-state index contributed by atoms with van der Waals surface area (Å²) >= 11 is 0. The molecule has 0 aliphatic carbocycles. The van der Waals surface area contributed by atoms with Crippen molar-refractivity contribution in [1.82, 2.24) is 9.52 Å². The second-order valence-corrected chi connectivity index (χ2v) is 3.00. The van der Waals surface area contributed by atoms with Crippen LogP contribution >= 0.6 is 0 Å². The highest BCUT2D eigenvalue weighted by atomic mass is 32.2. The average molecular weight is 200 g/mol. The minimum atomic E-state index is -3.87. The number of hydrogen-bond acceptors (Lipinski definition) is 5. The van der Waals surface area contributed by atoms with E-state index in [1.807, 2.05) is 0 Å². The van der Waals surface area contributed by atoms with Gasteiger partial charge in [0.25, 0.3) is 0 Å². The molecule has 0 radical (unpaired) electrons. The molecule has 0 saturated heterocycles. The Hall–Kier alpha value is -0.250.